The summed E-state index contributed by atoms with van der Waals surface area (Å²) in [6.07, 6.45) is 0. The van der Waals surface area contributed by atoms with E-state index in [1.54, 1.807) is 0 Å². The van der Waals surface area contributed by atoms with Gasteiger partial charge in [0.15, 0.2) is 4.99 Å². The van der Waals surface area contributed by atoms with E-state index in [0.29, 0.717) is 4.99 Å². The van der Waals surface area contributed by atoms with Crippen LogP contribution < -0.4 is 5.32 Å². The van der Waals surface area contributed by atoms with E-state index in [4.69, 9.17) is 12.2 Å². The fourth-order valence-corrected chi connectivity index (χ4v) is 2.43. The van der Waals surface area contributed by atoms with Gasteiger partial charge in [-0.2, -0.15) is 0 Å². The Morgan fingerprint density at radius 2 is 1.85 bits per heavy atom. The highest BCUT2D eigenvalue weighted by atomic mass is 32.1. The summed E-state index contributed by atoms with van der Waals surface area (Å²) in [5.41, 5.74) is 3.01. The molecule has 0 atom stereocenters. The zero-order valence-electron chi connectivity index (χ0n) is 12.3. The predicted molar refractivity (Wildman–Crippen MR) is 86.2 cm³/mol. The van der Waals surface area contributed by atoms with Crippen LogP contribution in [-0.2, 0) is 4.79 Å². The van der Waals surface area contributed by atoms with E-state index in [1.807, 2.05) is 36.9 Å². The molecule has 0 saturated carbocycles. The second-order valence-corrected chi connectivity index (χ2v) is 5.75. The molecule has 1 aliphatic rings. The highest BCUT2D eigenvalue weighted by Gasteiger charge is 2.21. The third-order valence-electron chi connectivity index (χ3n) is 3.63. The van der Waals surface area contributed by atoms with Crippen molar-refractivity contribution in [3.05, 3.63) is 29.3 Å². The summed E-state index contributed by atoms with van der Waals surface area (Å²) >= 11 is 5.31. The van der Waals surface area contributed by atoms with Gasteiger partial charge in [-0.05, 0) is 38.1 Å². The lowest BCUT2D eigenvalue weighted by molar-refractivity contribution is -0.110. The Labute approximate surface area is 125 Å². The number of hydrogen-bond acceptors (Lipinski definition) is 3. The smallest absolute Gasteiger partial charge is 0.283 e. The van der Waals surface area contributed by atoms with Gasteiger partial charge < -0.3 is 15.1 Å². The Bertz CT molecular complexity index is 522. The summed E-state index contributed by atoms with van der Waals surface area (Å²) in [4.78, 5) is 16.9. The number of hydrogen-bond donors (Lipinski definition) is 1. The topological polar surface area (TPSA) is 35.6 Å². The van der Waals surface area contributed by atoms with E-state index in [0.717, 1.165) is 43.0 Å². The number of carbonyl (C=O) groups excluding carboxylic acids is 1. The summed E-state index contributed by atoms with van der Waals surface area (Å²) in [6.45, 7) is 7.50. The molecule has 1 saturated heterocycles. The van der Waals surface area contributed by atoms with E-state index < -0.39 is 0 Å². The minimum atomic E-state index is -0.182. The molecule has 0 bridgehead atoms. The molecule has 2 rings (SSSR count). The largest absolute Gasteiger partial charge is 0.356 e. The summed E-state index contributed by atoms with van der Waals surface area (Å²) in [5, 5.41) is 2.92. The second-order valence-electron chi connectivity index (χ2n) is 5.37. The third-order valence-corrected chi connectivity index (χ3v) is 4.07. The highest BCUT2D eigenvalue weighted by Crippen LogP contribution is 2.16. The van der Waals surface area contributed by atoms with E-state index in [9.17, 15) is 4.79 Å². The molecule has 1 N–H and O–H groups in total. The lowest BCUT2D eigenvalue weighted by atomic mass is 10.1. The molecule has 4 nitrogen and oxygen atoms in total. The maximum Gasteiger partial charge on any atom is 0.283 e. The Morgan fingerprint density at radius 1 is 1.20 bits per heavy atom. The number of amides is 1. The Morgan fingerprint density at radius 3 is 2.50 bits per heavy atom. The van der Waals surface area contributed by atoms with Gasteiger partial charge in [0.1, 0.15) is 0 Å². The number of nitrogens with zero attached hydrogens (tertiary/aromatic N) is 2. The lowest BCUT2D eigenvalue weighted by Gasteiger charge is -2.33. The van der Waals surface area contributed by atoms with Crippen molar-refractivity contribution in [2.75, 3.05) is 38.5 Å². The first-order valence-corrected chi connectivity index (χ1v) is 7.24. The summed E-state index contributed by atoms with van der Waals surface area (Å²) < 4.78 is 0. The molecule has 1 aromatic rings. The second kappa shape index (κ2) is 6.33. The molecular formula is C15H21N3OS. The number of piperazine rings is 1. The van der Waals surface area contributed by atoms with Crippen molar-refractivity contribution in [3.8, 4) is 0 Å². The fraction of sp³-hybridized carbons (Fsp3) is 0.467. The van der Waals surface area contributed by atoms with Crippen LogP contribution in [0, 0.1) is 13.8 Å². The van der Waals surface area contributed by atoms with Crippen molar-refractivity contribution in [2.24, 2.45) is 0 Å². The Hall–Kier alpha value is -1.46. The van der Waals surface area contributed by atoms with E-state index >= 15 is 0 Å². The molecule has 0 radical (unpaired) electrons. The SMILES string of the molecule is Cc1ccc(C)c(NC(=O)C(=S)N2CCN(C)CC2)c1. The average Bonchev–Trinajstić information content (AvgIpc) is 2.43. The van der Waals surface area contributed by atoms with Crippen molar-refractivity contribution in [3.63, 3.8) is 0 Å². The van der Waals surface area contributed by atoms with Crippen LogP contribution in [0.4, 0.5) is 5.69 Å². The zero-order chi connectivity index (χ0) is 14.7. The molecule has 1 aromatic carbocycles. The summed E-state index contributed by atoms with van der Waals surface area (Å²) in [6, 6.07) is 6.01. The van der Waals surface area contributed by atoms with Gasteiger partial charge in [0.2, 0.25) is 0 Å². The van der Waals surface area contributed by atoms with Crippen LogP contribution in [0.1, 0.15) is 11.1 Å². The van der Waals surface area contributed by atoms with Gasteiger partial charge in [0.25, 0.3) is 5.91 Å². The summed E-state index contributed by atoms with van der Waals surface area (Å²) in [7, 11) is 2.08. The standard InChI is InChI=1S/C15H21N3OS/c1-11-4-5-12(2)13(10-11)16-14(19)15(20)18-8-6-17(3)7-9-18/h4-5,10H,6-9H2,1-3H3,(H,16,19). The van der Waals surface area contributed by atoms with Gasteiger partial charge in [-0.3, -0.25) is 4.79 Å². The number of carbonyl (C=O) groups is 1. The first-order chi connectivity index (χ1) is 9.47. The molecule has 1 heterocycles. The van der Waals surface area contributed by atoms with Crippen LogP contribution >= 0.6 is 12.2 Å². The minimum Gasteiger partial charge on any atom is -0.356 e. The number of thiocarbonyl (C=S) groups is 1. The molecular weight excluding hydrogens is 270 g/mol. The molecule has 1 aliphatic heterocycles. The van der Waals surface area contributed by atoms with Crippen LogP contribution in [-0.4, -0.2) is 53.9 Å². The van der Waals surface area contributed by atoms with Gasteiger partial charge in [0, 0.05) is 31.9 Å². The fourth-order valence-electron chi connectivity index (χ4n) is 2.20. The van der Waals surface area contributed by atoms with Crippen LogP contribution in [0.5, 0.6) is 0 Å². The number of rotatable bonds is 1. The molecule has 0 unspecified atom stereocenters. The Balaban J connectivity index is 2.01. The quantitative estimate of drug-likeness (QED) is 0.801. The zero-order valence-corrected chi connectivity index (χ0v) is 13.1. The Kier molecular flexibility index (Phi) is 4.73. The van der Waals surface area contributed by atoms with E-state index in [1.165, 1.54) is 0 Å². The number of aryl methyl sites for hydroxylation is 2. The van der Waals surface area contributed by atoms with E-state index in [2.05, 4.69) is 17.3 Å². The van der Waals surface area contributed by atoms with Gasteiger partial charge in [-0.1, -0.05) is 24.4 Å². The highest BCUT2D eigenvalue weighted by molar-refractivity contribution is 7.82. The molecule has 1 amide bonds. The third kappa shape index (κ3) is 3.55. The molecule has 108 valence electrons. The lowest BCUT2D eigenvalue weighted by Crippen LogP contribution is -2.49. The molecule has 0 aliphatic carbocycles. The molecule has 20 heavy (non-hydrogen) atoms. The number of likely N-dealkylation sites (N-methyl/N-ethyl adjacent to an activating group) is 1. The minimum absolute atomic E-state index is 0.182. The van der Waals surface area contributed by atoms with Crippen LogP contribution in [0.2, 0.25) is 0 Å². The first kappa shape index (κ1) is 14.9. The van der Waals surface area contributed by atoms with Gasteiger partial charge >= 0.3 is 0 Å². The van der Waals surface area contributed by atoms with Crippen LogP contribution in [0.15, 0.2) is 18.2 Å². The van der Waals surface area contributed by atoms with Gasteiger partial charge in [-0.25, -0.2) is 0 Å². The molecule has 1 fully saturated rings. The monoisotopic (exact) mass is 291 g/mol. The maximum atomic E-state index is 12.2. The van der Waals surface area contributed by atoms with Crippen molar-refractivity contribution >= 4 is 28.8 Å². The van der Waals surface area contributed by atoms with E-state index in [-0.39, 0.29) is 5.91 Å². The maximum absolute atomic E-state index is 12.2. The number of anilines is 1. The normalized spacial score (nSPS) is 16.1. The molecule has 0 spiro atoms. The molecule has 5 heteroatoms. The molecule has 0 aromatic heterocycles. The first-order valence-electron chi connectivity index (χ1n) is 6.83. The van der Waals surface area contributed by atoms with Crippen molar-refractivity contribution in [1.29, 1.82) is 0 Å². The van der Waals surface area contributed by atoms with Gasteiger partial charge in [0.05, 0.1) is 0 Å². The number of benzene rings is 1. The van der Waals surface area contributed by atoms with Crippen LogP contribution in [0.3, 0.4) is 0 Å². The number of nitrogens with one attached hydrogen (secondary N) is 1. The van der Waals surface area contributed by atoms with Gasteiger partial charge in [-0.15, -0.1) is 0 Å². The summed E-state index contributed by atoms with van der Waals surface area (Å²) in [5.74, 6) is -0.182. The van der Waals surface area contributed by atoms with Crippen LogP contribution in [0.25, 0.3) is 0 Å². The van der Waals surface area contributed by atoms with Crippen molar-refractivity contribution in [1.82, 2.24) is 9.80 Å². The van der Waals surface area contributed by atoms with Crippen molar-refractivity contribution in [2.45, 2.75) is 13.8 Å². The van der Waals surface area contributed by atoms with Crippen molar-refractivity contribution < 1.29 is 4.79 Å². The average molecular weight is 291 g/mol. The predicted octanol–water partition coefficient (Wildman–Crippen LogP) is 1.82.